The fraction of sp³-hybridized carbons (Fsp3) is 0.222. The summed E-state index contributed by atoms with van der Waals surface area (Å²) in [6.07, 6.45) is 0. The third-order valence-corrected chi connectivity index (χ3v) is 2.29. The van der Waals surface area contributed by atoms with Crippen LogP contribution in [0, 0.1) is 17.0 Å². The Morgan fingerprint density at radius 3 is 3.00 bits per heavy atom. The van der Waals surface area contributed by atoms with Crippen LogP contribution in [0.5, 0.6) is 0 Å². The summed E-state index contributed by atoms with van der Waals surface area (Å²) < 4.78 is 5.16. The van der Waals surface area contributed by atoms with Gasteiger partial charge in [-0.3, -0.25) is 10.1 Å². The molecule has 0 spiro atoms. The van der Waals surface area contributed by atoms with E-state index >= 15 is 0 Å². The molecule has 78 valence electrons. The third kappa shape index (κ3) is 1.78. The second-order valence-corrected chi connectivity index (χ2v) is 3.56. The maximum Gasteiger partial charge on any atom is 0.361 e. The summed E-state index contributed by atoms with van der Waals surface area (Å²) in [4.78, 5) is 13.7. The summed E-state index contributed by atoms with van der Waals surface area (Å²) >= 11 is 5.50. The van der Waals surface area contributed by atoms with Crippen LogP contribution in [0.15, 0.2) is 22.6 Å². The molecule has 1 unspecified atom stereocenters. The van der Waals surface area contributed by atoms with Gasteiger partial charge in [0, 0.05) is 4.92 Å². The van der Waals surface area contributed by atoms with Crippen molar-refractivity contribution in [2.24, 2.45) is 0 Å². The molecule has 1 aromatic heterocycles. The second-order valence-electron chi connectivity index (χ2n) is 3.14. The van der Waals surface area contributed by atoms with Crippen molar-refractivity contribution in [3.05, 3.63) is 39.8 Å². The molecule has 15 heavy (non-hydrogen) atoms. The molecule has 0 radical (unpaired) electrons. The number of benzene rings is 1. The first-order valence-electron chi connectivity index (χ1n) is 4.22. The molecule has 0 N–H and O–H groups in total. The highest BCUT2D eigenvalue weighted by Gasteiger charge is 2.25. The van der Waals surface area contributed by atoms with Gasteiger partial charge >= 0.3 is 5.50 Å². The Hall–Kier alpha value is -1.62. The van der Waals surface area contributed by atoms with Gasteiger partial charge in [-0.2, -0.15) is 0 Å². The molecule has 0 fully saturated rings. The van der Waals surface area contributed by atoms with Gasteiger partial charge in [-0.1, -0.05) is 6.07 Å². The number of nitrogens with zero attached hydrogens (tertiary/aromatic N) is 2. The smallest absolute Gasteiger partial charge is 0.361 e. The first-order valence-corrected chi connectivity index (χ1v) is 4.66. The van der Waals surface area contributed by atoms with Crippen LogP contribution >= 0.6 is 11.6 Å². The lowest BCUT2D eigenvalue weighted by molar-refractivity contribution is -0.507. The summed E-state index contributed by atoms with van der Waals surface area (Å²) in [5, 5.41) is 10.4. The molecule has 1 aromatic carbocycles. The van der Waals surface area contributed by atoms with E-state index in [1.807, 2.05) is 13.0 Å². The molecular weight excluding hydrogens is 220 g/mol. The van der Waals surface area contributed by atoms with Crippen molar-refractivity contribution in [1.29, 1.82) is 0 Å². The van der Waals surface area contributed by atoms with Gasteiger partial charge in [-0.25, -0.2) is 4.98 Å². The fourth-order valence-electron chi connectivity index (χ4n) is 1.25. The van der Waals surface area contributed by atoms with Crippen molar-refractivity contribution in [3.8, 4) is 0 Å². The van der Waals surface area contributed by atoms with Gasteiger partial charge in [0.05, 0.1) is 0 Å². The van der Waals surface area contributed by atoms with Crippen LogP contribution < -0.4 is 0 Å². The van der Waals surface area contributed by atoms with E-state index in [1.54, 1.807) is 12.1 Å². The standard InChI is InChI=1S/C9H7ClN2O3/c1-5-2-3-7-6(4-5)11-9(15-7)8(10)12(13)14/h2-4,8H,1H3. The molecule has 0 amide bonds. The normalized spacial score (nSPS) is 12.9. The van der Waals surface area contributed by atoms with Crippen LogP contribution in [-0.4, -0.2) is 9.91 Å². The predicted molar refractivity (Wildman–Crippen MR) is 54.3 cm³/mol. The first-order chi connectivity index (χ1) is 7.08. The minimum absolute atomic E-state index is 0.0812. The maximum absolute atomic E-state index is 10.4. The zero-order valence-corrected chi connectivity index (χ0v) is 8.56. The van der Waals surface area contributed by atoms with Crippen molar-refractivity contribution in [1.82, 2.24) is 4.98 Å². The Labute approximate surface area is 89.8 Å². The van der Waals surface area contributed by atoms with Gasteiger partial charge in [0.1, 0.15) is 5.52 Å². The quantitative estimate of drug-likeness (QED) is 0.342. The van der Waals surface area contributed by atoms with E-state index in [2.05, 4.69) is 4.98 Å². The number of aryl methyl sites for hydroxylation is 1. The van der Waals surface area contributed by atoms with Gasteiger partial charge < -0.3 is 4.42 Å². The lowest BCUT2D eigenvalue weighted by atomic mass is 10.2. The van der Waals surface area contributed by atoms with Crippen LogP contribution in [0.1, 0.15) is 17.0 Å². The summed E-state index contributed by atoms with van der Waals surface area (Å²) in [5.74, 6) is -0.0812. The number of hydrogen-bond donors (Lipinski definition) is 0. The van der Waals surface area contributed by atoms with E-state index in [0.717, 1.165) is 5.56 Å². The van der Waals surface area contributed by atoms with E-state index in [-0.39, 0.29) is 5.89 Å². The lowest BCUT2D eigenvalue weighted by Crippen LogP contribution is -2.03. The number of oxazole rings is 1. The second kappa shape index (κ2) is 3.51. The number of alkyl halides is 1. The Balaban J connectivity index is 2.51. The molecule has 5 nitrogen and oxygen atoms in total. The van der Waals surface area contributed by atoms with Crippen molar-refractivity contribution in [3.63, 3.8) is 0 Å². The molecule has 2 rings (SSSR count). The van der Waals surface area contributed by atoms with Gasteiger partial charge in [0.2, 0.25) is 0 Å². The molecular formula is C9H7ClN2O3. The third-order valence-electron chi connectivity index (χ3n) is 1.95. The van der Waals surface area contributed by atoms with E-state index in [0.29, 0.717) is 11.1 Å². The Kier molecular flexibility index (Phi) is 2.32. The number of rotatable bonds is 2. The number of nitro groups is 1. The minimum Gasteiger partial charge on any atom is -0.433 e. The average Bonchev–Trinajstić information content (AvgIpc) is 2.58. The highest BCUT2D eigenvalue weighted by Crippen LogP contribution is 2.25. The highest BCUT2D eigenvalue weighted by molar-refractivity contribution is 6.19. The molecule has 1 heterocycles. The van der Waals surface area contributed by atoms with E-state index < -0.39 is 10.4 Å². The summed E-state index contributed by atoms with van der Waals surface area (Å²) in [6, 6.07) is 5.34. The van der Waals surface area contributed by atoms with E-state index in [9.17, 15) is 10.1 Å². The number of halogens is 1. The molecule has 0 aliphatic carbocycles. The summed E-state index contributed by atoms with van der Waals surface area (Å²) in [7, 11) is 0. The topological polar surface area (TPSA) is 69.2 Å². The number of aromatic nitrogens is 1. The molecule has 6 heteroatoms. The van der Waals surface area contributed by atoms with Crippen LogP contribution in [0.3, 0.4) is 0 Å². The maximum atomic E-state index is 10.4. The highest BCUT2D eigenvalue weighted by atomic mass is 35.5. The lowest BCUT2D eigenvalue weighted by Gasteiger charge is -1.93. The Morgan fingerprint density at radius 1 is 1.60 bits per heavy atom. The van der Waals surface area contributed by atoms with Crippen molar-refractivity contribution >= 4 is 22.7 Å². The van der Waals surface area contributed by atoms with Crippen LogP contribution in [0.2, 0.25) is 0 Å². The minimum atomic E-state index is -1.43. The predicted octanol–water partition coefficient (Wildman–Crippen LogP) is 2.65. The summed E-state index contributed by atoms with van der Waals surface area (Å²) in [5.41, 5.74) is 0.660. The zero-order valence-electron chi connectivity index (χ0n) is 7.81. The van der Waals surface area contributed by atoms with Crippen molar-refractivity contribution in [2.45, 2.75) is 12.4 Å². The van der Waals surface area contributed by atoms with Gasteiger partial charge in [0.15, 0.2) is 5.58 Å². The monoisotopic (exact) mass is 226 g/mol. The van der Waals surface area contributed by atoms with E-state index in [4.69, 9.17) is 16.0 Å². The Morgan fingerprint density at radius 2 is 2.33 bits per heavy atom. The first kappa shape index (κ1) is 9.92. The molecule has 2 aromatic rings. The number of fused-ring (bicyclic) bond motifs is 1. The van der Waals surface area contributed by atoms with Gasteiger partial charge in [-0.15, -0.1) is 0 Å². The van der Waals surface area contributed by atoms with Crippen LogP contribution in [-0.2, 0) is 0 Å². The van der Waals surface area contributed by atoms with Crippen molar-refractivity contribution in [2.75, 3.05) is 0 Å². The molecule has 0 aliphatic rings. The van der Waals surface area contributed by atoms with Crippen molar-refractivity contribution < 1.29 is 9.34 Å². The fourth-order valence-corrected chi connectivity index (χ4v) is 1.34. The molecule has 0 bridgehead atoms. The summed E-state index contributed by atoms with van der Waals surface area (Å²) in [6.45, 7) is 1.90. The average molecular weight is 227 g/mol. The molecule has 0 saturated carbocycles. The molecule has 0 aliphatic heterocycles. The van der Waals surface area contributed by atoms with E-state index in [1.165, 1.54) is 0 Å². The van der Waals surface area contributed by atoms with Crippen LogP contribution in [0.25, 0.3) is 11.1 Å². The SMILES string of the molecule is Cc1ccc2oc(C(Cl)[N+](=O)[O-])nc2c1. The van der Waals surface area contributed by atoms with Crippen LogP contribution in [0.4, 0.5) is 0 Å². The largest absolute Gasteiger partial charge is 0.433 e. The molecule has 1 atom stereocenters. The van der Waals surface area contributed by atoms with Gasteiger partial charge in [0.25, 0.3) is 5.89 Å². The Bertz CT molecular complexity index is 523. The molecule has 0 saturated heterocycles. The zero-order chi connectivity index (χ0) is 11.0. The van der Waals surface area contributed by atoms with Gasteiger partial charge in [-0.05, 0) is 36.2 Å². The number of hydrogen-bond acceptors (Lipinski definition) is 4.